The second-order valence-corrected chi connectivity index (χ2v) is 6.13. The minimum absolute atomic E-state index is 0.0482. The van der Waals surface area contributed by atoms with Crippen LogP contribution in [0.15, 0.2) is 29.3 Å². The topological polar surface area (TPSA) is 103 Å². The van der Waals surface area contributed by atoms with Crippen LogP contribution in [-0.4, -0.2) is 23.2 Å². The Morgan fingerprint density at radius 1 is 1.45 bits per heavy atom. The highest BCUT2D eigenvalue weighted by atomic mass is 35.5. The van der Waals surface area contributed by atoms with Crippen molar-refractivity contribution in [3.63, 3.8) is 0 Å². The van der Waals surface area contributed by atoms with Crippen molar-refractivity contribution in [3.05, 3.63) is 29.5 Å². The van der Waals surface area contributed by atoms with Gasteiger partial charge in [0.2, 0.25) is 0 Å². The van der Waals surface area contributed by atoms with Crippen LogP contribution >= 0.6 is 11.6 Å². The molecule has 0 saturated carbocycles. The molecule has 0 aliphatic rings. The maximum absolute atomic E-state index is 12.2. The molecule has 7 nitrogen and oxygen atoms in total. The van der Waals surface area contributed by atoms with Gasteiger partial charge in [0, 0.05) is 12.7 Å². The van der Waals surface area contributed by atoms with Gasteiger partial charge < -0.3 is 5.73 Å². The van der Waals surface area contributed by atoms with Gasteiger partial charge in [0.25, 0.3) is 10.0 Å². The molecular weight excluding hydrogens is 302 g/mol. The van der Waals surface area contributed by atoms with Crippen molar-refractivity contribution in [1.82, 2.24) is 14.8 Å². The van der Waals surface area contributed by atoms with Crippen molar-refractivity contribution in [2.75, 3.05) is 10.5 Å². The molecule has 108 valence electrons. The van der Waals surface area contributed by atoms with Crippen molar-refractivity contribution in [1.29, 1.82) is 0 Å². The molecule has 9 heteroatoms. The van der Waals surface area contributed by atoms with E-state index in [1.165, 1.54) is 16.9 Å². The van der Waals surface area contributed by atoms with Crippen molar-refractivity contribution >= 4 is 33.3 Å². The van der Waals surface area contributed by atoms with Gasteiger partial charge in [-0.3, -0.25) is 9.40 Å². The van der Waals surface area contributed by atoms with E-state index in [4.69, 9.17) is 17.3 Å². The Morgan fingerprint density at radius 3 is 2.85 bits per heavy atom. The molecule has 3 N–H and O–H groups in total. The molecule has 20 heavy (non-hydrogen) atoms. The fraction of sp³-hybridized carbons (Fsp3) is 0.273. The third-order valence-electron chi connectivity index (χ3n) is 2.45. The Morgan fingerprint density at radius 2 is 2.20 bits per heavy atom. The third-order valence-corrected chi connectivity index (χ3v) is 4.03. The fourth-order valence-electron chi connectivity index (χ4n) is 1.63. The van der Waals surface area contributed by atoms with Crippen molar-refractivity contribution in [2.24, 2.45) is 0 Å². The summed E-state index contributed by atoms with van der Waals surface area (Å²) in [6.45, 7) is 2.55. The highest BCUT2D eigenvalue weighted by Gasteiger charge is 2.21. The van der Waals surface area contributed by atoms with Gasteiger partial charge in [0.15, 0.2) is 5.82 Å². The lowest BCUT2D eigenvalue weighted by Crippen LogP contribution is -2.14. The van der Waals surface area contributed by atoms with Crippen LogP contribution in [-0.2, 0) is 16.6 Å². The van der Waals surface area contributed by atoms with Crippen LogP contribution in [0, 0.1) is 0 Å². The van der Waals surface area contributed by atoms with Crippen LogP contribution in [0.5, 0.6) is 0 Å². The standard InChI is InChI=1S/C11H14ClN5O2S/c1-2-6-17-7-8(11(13)15-17)20(18,19)16-10-5-3-4-9(12)14-10/h3-5,7H,2,6H2,1H3,(H2,13,15)(H,14,16). The normalized spacial score (nSPS) is 11.5. The van der Waals surface area contributed by atoms with Crippen LogP contribution in [0.3, 0.4) is 0 Å². The zero-order valence-electron chi connectivity index (χ0n) is 10.7. The minimum Gasteiger partial charge on any atom is -0.381 e. The molecule has 0 spiro atoms. The average molecular weight is 316 g/mol. The molecule has 2 rings (SSSR count). The number of hydrogen-bond acceptors (Lipinski definition) is 5. The molecule has 2 aromatic rings. The summed E-state index contributed by atoms with van der Waals surface area (Å²) in [5, 5.41) is 4.15. The quantitative estimate of drug-likeness (QED) is 0.818. The number of pyridine rings is 1. The molecule has 0 saturated heterocycles. The Labute approximate surface area is 121 Å². The SMILES string of the molecule is CCCn1cc(S(=O)(=O)Nc2cccc(Cl)n2)c(N)n1. The van der Waals surface area contributed by atoms with Crippen LogP contribution in [0.2, 0.25) is 5.15 Å². The number of nitrogens with one attached hydrogen (secondary N) is 1. The van der Waals surface area contributed by atoms with Gasteiger partial charge >= 0.3 is 0 Å². The average Bonchev–Trinajstić information content (AvgIpc) is 2.71. The van der Waals surface area contributed by atoms with E-state index < -0.39 is 10.0 Å². The molecule has 0 atom stereocenters. The van der Waals surface area contributed by atoms with E-state index in [1.807, 2.05) is 6.92 Å². The molecular formula is C11H14ClN5O2S. The smallest absolute Gasteiger partial charge is 0.268 e. The van der Waals surface area contributed by atoms with Gasteiger partial charge in [-0.15, -0.1) is 0 Å². The molecule has 0 aliphatic carbocycles. The first-order valence-electron chi connectivity index (χ1n) is 5.90. The van der Waals surface area contributed by atoms with Crippen LogP contribution in [0.25, 0.3) is 0 Å². The van der Waals surface area contributed by atoms with E-state index in [0.29, 0.717) is 6.54 Å². The summed E-state index contributed by atoms with van der Waals surface area (Å²) in [6, 6.07) is 4.64. The van der Waals surface area contributed by atoms with E-state index >= 15 is 0 Å². The lowest BCUT2D eigenvalue weighted by Gasteiger charge is -2.05. The van der Waals surface area contributed by atoms with E-state index in [2.05, 4.69) is 14.8 Å². The second-order valence-electron chi connectivity index (χ2n) is 4.09. The van der Waals surface area contributed by atoms with Gasteiger partial charge in [-0.25, -0.2) is 13.4 Å². The Bertz CT molecular complexity index is 713. The number of nitrogen functional groups attached to an aromatic ring is 1. The largest absolute Gasteiger partial charge is 0.381 e. The van der Waals surface area contributed by atoms with Crippen molar-refractivity contribution in [3.8, 4) is 0 Å². The summed E-state index contributed by atoms with van der Waals surface area (Å²) >= 11 is 5.71. The lowest BCUT2D eigenvalue weighted by atomic mass is 10.5. The van der Waals surface area contributed by atoms with Crippen molar-refractivity contribution < 1.29 is 8.42 Å². The fourth-order valence-corrected chi connectivity index (χ4v) is 2.87. The number of aryl methyl sites for hydroxylation is 1. The van der Waals surface area contributed by atoms with E-state index in [9.17, 15) is 8.42 Å². The zero-order valence-corrected chi connectivity index (χ0v) is 12.3. The van der Waals surface area contributed by atoms with Gasteiger partial charge in [-0.05, 0) is 18.6 Å². The summed E-state index contributed by atoms with van der Waals surface area (Å²) in [5.74, 6) is 0.0770. The Hall–Kier alpha value is -1.80. The summed E-state index contributed by atoms with van der Waals surface area (Å²) in [6.07, 6.45) is 2.22. The number of hydrogen-bond donors (Lipinski definition) is 2. The van der Waals surface area contributed by atoms with Gasteiger partial charge in [-0.1, -0.05) is 24.6 Å². The first-order valence-corrected chi connectivity index (χ1v) is 7.77. The molecule has 0 bridgehead atoms. The summed E-state index contributed by atoms with van der Waals surface area (Å²) in [7, 11) is -3.84. The first kappa shape index (κ1) is 14.6. The van der Waals surface area contributed by atoms with Gasteiger partial charge in [0.1, 0.15) is 15.9 Å². The number of nitrogens with two attached hydrogens (primary N) is 1. The number of aromatic nitrogens is 3. The lowest BCUT2D eigenvalue weighted by molar-refractivity contribution is 0.595. The highest BCUT2D eigenvalue weighted by Crippen LogP contribution is 2.20. The maximum Gasteiger partial charge on any atom is 0.268 e. The number of nitrogens with zero attached hydrogens (tertiary/aromatic N) is 3. The van der Waals surface area contributed by atoms with Crippen LogP contribution in [0.1, 0.15) is 13.3 Å². The summed E-state index contributed by atoms with van der Waals surface area (Å²) in [5.41, 5.74) is 5.64. The Kier molecular flexibility index (Phi) is 4.15. The predicted molar refractivity (Wildman–Crippen MR) is 77.0 cm³/mol. The number of rotatable bonds is 5. The van der Waals surface area contributed by atoms with E-state index in [1.54, 1.807) is 12.1 Å². The molecule has 2 aromatic heterocycles. The first-order chi connectivity index (χ1) is 9.42. The van der Waals surface area contributed by atoms with E-state index in [0.717, 1.165) is 6.42 Å². The zero-order chi connectivity index (χ0) is 14.8. The molecule has 0 fully saturated rings. The number of halogens is 1. The predicted octanol–water partition coefficient (Wildman–Crippen LogP) is 1.72. The highest BCUT2D eigenvalue weighted by molar-refractivity contribution is 7.92. The molecule has 2 heterocycles. The van der Waals surface area contributed by atoms with Gasteiger partial charge in [-0.2, -0.15) is 5.10 Å². The monoisotopic (exact) mass is 315 g/mol. The van der Waals surface area contributed by atoms with Crippen LogP contribution in [0.4, 0.5) is 11.6 Å². The Balaban J connectivity index is 2.30. The maximum atomic E-state index is 12.2. The number of anilines is 2. The molecule has 0 radical (unpaired) electrons. The molecule has 0 amide bonds. The molecule has 0 aliphatic heterocycles. The summed E-state index contributed by atoms with van der Waals surface area (Å²) in [4.78, 5) is 3.79. The van der Waals surface area contributed by atoms with Crippen LogP contribution < -0.4 is 10.5 Å². The van der Waals surface area contributed by atoms with E-state index in [-0.39, 0.29) is 21.7 Å². The second kappa shape index (κ2) is 5.68. The third kappa shape index (κ3) is 3.20. The molecule has 0 aromatic carbocycles. The molecule has 0 unspecified atom stereocenters. The summed E-state index contributed by atoms with van der Waals surface area (Å²) < 4.78 is 28.3. The number of sulfonamides is 1. The minimum atomic E-state index is -3.84. The van der Waals surface area contributed by atoms with Gasteiger partial charge in [0.05, 0.1) is 0 Å². The van der Waals surface area contributed by atoms with Crippen molar-refractivity contribution in [2.45, 2.75) is 24.8 Å².